The SMILES string of the molecule is [O-]c1oc2[n+](c1-c1ccccc1)CCCC2. The lowest BCUT2D eigenvalue weighted by molar-refractivity contribution is -0.703. The fraction of sp³-hybridized carbons (Fsp3) is 0.308. The van der Waals surface area contributed by atoms with Gasteiger partial charge < -0.3 is 9.52 Å². The summed E-state index contributed by atoms with van der Waals surface area (Å²) in [5.41, 5.74) is 1.65. The first-order chi connectivity index (χ1) is 7.86. The Labute approximate surface area is 94.0 Å². The number of benzene rings is 1. The molecule has 0 saturated heterocycles. The second kappa shape index (κ2) is 3.67. The van der Waals surface area contributed by atoms with Gasteiger partial charge in [-0.2, -0.15) is 4.57 Å². The maximum atomic E-state index is 11.8. The van der Waals surface area contributed by atoms with E-state index in [-0.39, 0.29) is 5.95 Å². The van der Waals surface area contributed by atoms with Gasteiger partial charge in [-0.15, -0.1) is 0 Å². The van der Waals surface area contributed by atoms with E-state index in [4.69, 9.17) is 4.42 Å². The lowest BCUT2D eigenvalue weighted by atomic mass is 10.1. The first-order valence-corrected chi connectivity index (χ1v) is 5.64. The van der Waals surface area contributed by atoms with E-state index in [2.05, 4.69) is 0 Å². The van der Waals surface area contributed by atoms with Gasteiger partial charge in [0.1, 0.15) is 12.5 Å². The number of oxazole rings is 1. The van der Waals surface area contributed by atoms with Crippen molar-refractivity contribution in [2.75, 3.05) is 0 Å². The van der Waals surface area contributed by atoms with Crippen molar-refractivity contribution in [3.05, 3.63) is 36.2 Å². The monoisotopic (exact) mass is 215 g/mol. The zero-order chi connectivity index (χ0) is 11.0. The lowest BCUT2D eigenvalue weighted by Crippen LogP contribution is -2.41. The molecule has 3 nitrogen and oxygen atoms in total. The minimum Gasteiger partial charge on any atom is -0.540 e. The van der Waals surface area contributed by atoms with Crippen LogP contribution in [0, 0.1) is 0 Å². The standard InChI is InChI=1S/C13H13NO2/c15-13-12(10-6-2-1-3-7-10)14-9-5-4-8-11(14)16-13/h1-3,6-7H,4-5,8-9H2. The van der Waals surface area contributed by atoms with Crippen molar-refractivity contribution in [3.8, 4) is 17.2 Å². The molecular weight excluding hydrogens is 202 g/mol. The molecular formula is C13H13NO2. The molecule has 0 radical (unpaired) electrons. The van der Waals surface area contributed by atoms with E-state index in [0.717, 1.165) is 37.3 Å². The topological polar surface area (TPSA) is 40.1 Å². The molecule has 1 aromatic carbocycles. The summed E-state index contributed by atoms with van der Waals surface area (Å²) in [6.07, 6.45) is 3.11. The van der Waals surface area contributed by atoms with Crippen LogP contribution < -0.4 is 9.67 Å². The highest BCUT2D eigenvalue weighted by molar-refractivity contribution is 5.59. The van der Waals surface area contributed by atoms with Gasteiger partial charge >= 0.3 is 0 Å². The molecule has 0 unspecified atom stereocenters. The maximum absolute atomic E-state index is 11.8. The molecule has 0 bridgehead atoms. The Morgan fingerprint density at radius 3 is 2.75 bits per heavy atom. The Bertz CT molecular complexity index is 502. The normalized spacial score (nSPS) is 14.8. The second-order valence-corrected chi connectivity index (χ2v) is 4.11. The molecule has 0 amide bonds. The average Bonchev–Trinajstić information content (AvgIpc) is 2.66. The number of aromatic nitrogens is 1. The third-order valence-corrected chi connectivity index (χ3v) is 3.04. The Kier molecular flexibility index (Phi) is 2.17. The molecule has 0 N–H and O–H groups in total. The highest BCUT2D eigenvalue weighted by Gasteiger charge is 2.25. The predicted molar refractivity (Wildman–Crippen MR) is 56.7 cm³/mol. The van der Waals surface area contributed by atoms with Crippen LogP contribution in [0.25, 0.3) is 11.3 Å². The Morgan fingerprint density at radius 2 is 1.94 bits per heavy atom. The summed E-state index contributed by atoms with van der Waals surface area (Å²) in [5, 5.41) is 11.8. The van der Waals surface area contributed by atoms with Crippen molar-refractivity contribution >= 4 is 0 Å². The van der Waals surface area contributed by atoms with E-state index in [1.54, 1.807) is 0 Å². The fourth-order valence-electron chi connectivity index (χ4n) is 2.28. The van der Waals surface area contributed by atoms with E-state index in [1.807, 2.05) is 34.9 Å². The number of fused-ring (bicyclic) bond motifs is 1. The third kappa shape index (κ3) is 1.40. The van der Waals surface area contributed by atoms with E-state index in [0.29, 0.717) is 5.69 Å². The smallest absolute Gasteiger partial charge is 0.236 e. The Morgan fingerprint density at radius 1 is 1.12 bits per heavy atom. The van der Waals surface area contributed by atoms with Crippen molar-refractivity contribution < 1.29 is 14.1 Å². The minimum atomic E-state index is -0.205. The highest BCUT2D eigenvalue weighted by Crippen LogP contribution is 2.27. The molecule has 3 heteroatoms. The van der Waals surface area contributed by atoms with Crippen LogP contribution in [0.15, 0.2) is 34.7 Å². The van der Waals surface area contributed by atoms with Crippen LogP contribution in [0.3, 0.4) is 0 Å². The molecule has 0 saturated carbocycles. The van der Waals surface area contributed by atoms with Crippen LogP contribution in [0.5, 0.6) is 5.95 Å². The van der Waals surface area contributed by atoms with Crippen LogP contribution >= 0.6 is 0 Å². The summed E-state index contributed by atoms with van der Waals surface area (Å²) in [4.78, 5) is 0. The van der Waals surface area contributed by atoms with Gasteiger partial charge in [0.15, 0.2) is 0 Å². The molecule has 3 rings (SSSR count). The summed E-state index contributed by atoms with van der Waals surface area (Å²) in [5.74, 6) is 0.623. The third-order valence-electron chi connectivity index (χ3n) is 3.04. The van der Waals surface area contributed by atoms with Gasteiger partial charge in [0.05, 0.1) is 0 Å². The minimum absolute atomic E-state index is 0.205. The average molecular weight is 215 g/mol. The molecule has 1 aromatic heterocycles. The number of rotatable bonds is 1. The number of hydrogen-bond acceptors (Lipinski definition) is 2. The van der Waals surface area contributed by atoms with E-state index in [1.165, 1.54) is 0 Å². The molecule has 0 aliphatic carbocycles. The summed E-state index contributed by atoms with van der Waals surface area (Å²) >= 11 is 0. The molecule has 82 valence electrons. The zero-order valence-corrected chi connectivity index (χ0v) is 8.98. The van der Waals surface area contributed by atoms with Crippen LogP contribution in [-0.2, 0) is 13.0 Å². The second-order valence-electron chi connectivity index (χ2n) is 4.11. The van der Waals surface area contributed by atoms with Crippen molar-refractivity contribution in [2.24, 2.45) is 0 Å². The van der Waals surface area contributed by atoms with Crippen molar-refractivity contribution in [1.29, 1.82) is 0 Å². The van der Waals surface area contributed by atoms with E-state index >= 15 is 0 Å². The van der Waals surface area contributed by atoms with Crippen LogP contribution in [-0.4, -0.2) is 0 Å². The van der Waals surface area contributed by atoms with Gasteiger partial charge in [-0.05, 0) is 18.6 Å². The summed E-state index contributed by atoms with van der Waals surface area (Å²) in [6.45, 7) is 0.894. The van der Waals surface area contributed by atoms with Crippen molar-refractivity contribution in [1.82, 2.24) is 0 Å². The fourth-order valence-corrected chi connectivity index (χ4v) is 2.28. The number of nitrogens with zero attached hydrogens (tertiary/aromatic N) is 1. The zero-order valence-electron chi connectivity index (χ0n) is 8.98. The van der Waals surface area contributed by atoms with Gasteiger partial charge in [0, 0.05) is 18.4 Å². The first kappa shape index (κ1) is 9.46. The van der Waals surface area contributed by atoms with Crippen molar-refractivity contribution in [3.63, 3.8) is 0 Å². The van der Waals surface area contributed by atoms with E-state index < -0.39 is 0 Å². The molecule has 2 heterocycles. The maximum Gasteiger partial charge on any atom is 0.236 e. The quantitative estimate of drug-likeness (QED) is 0.678. The number of hydrogen-bond donors (Lipinski definition) is 0. The van der Waals surface area contributed by atoms with Crippen molar-refractivity contribution in [2.45, 2.75) is 25.8 Å². The summed E-state index contributed by atoms with van der Waals surface area (Å²) in [6, 6.07) is 9.74. The molecule has 16 heavy (non-hydrogen) atoms. The molecule has 0 atom stereocenters. The molecule has 1 aliphatic rings. The summed E-state index contributed by atoms with van der Waals surface area (Å²) < 4.78 is 7.33. The van der Waals surface area contributed by atoms with Gasteiger partial charge in [0.25, 0.3) is 0 Å². The summed E-state index contributed by atoms with van der Waals surface area (Å²) in [7, 11) is 0. The largest absolute Gasteiger partial charge is 0.540 e. The van der Waals surface area contributed by atoms with Gasteiger partial charge in [-0.1, -0.05) is 18.2 Å². The Hall–Kier alpha value is -1.77. The lowest BCUT2D eigenvalue weighted by Gasteiger charge is -2.07. The Balaban J connectivity index is 2.17. The molecule has 0 spiro atoms. The van der Waals surface area contributed by atoms with Gasteiger partial charge in [-0.25, -0.2) is 0 Å². The van der Waals surface area contributed by atoms with Gasteiger partial charge in [0.2, 0.25) is 11.6 Å². The molecule has 0 fully saturated rings. The predicted octanol–water partition coefficient (Wildman–Crippen LogP) is 1.64. The van der Waals surface area contributed by atoms with E-state index in [9.17, 15) is 5.11 Å². The highest BCUT2D eigenvalue weighted by atomic mass is 16.5. The molecule has 2 aromatic rings. The first-order valence-electron chi connectivity index (χ1n) is 5.64. The van der Waals surface area contributed by atoms with Crippen LogP contribution in [0.4, 0.5) is 0 Å². The van der Waals surface area contributed by atoms with Crippen LogP contribution in [0.1, 0.15) is 18.7 Å². The molecule has 1 aliphatic heterocycles. The number of aryl methyl sites for hydroxylation is 1. The van der Waals surface area contributed by atoms with Crippen LogP contribution in [0.2, 0.25) is 0 Å². The van der Waals surface area contributed by atoms with Gasteiger partial charge in [-0.3, -0.25) is 0 Å².